The van der Waals surface area contributed by atoms with E-state index in [2.05, 4.69) is 41.6 Å². The van der Waals surface area contributed by atoms with Gasteiger partial charge in [-0.1, -0.05) is 37.6 Å². The molecule has 2 rings (SSSR count). The van der Waals surface area contributed by atoms with Gasteiger partial charge in [0.1, 0.15) is 5.01 Å². The molecule has 0 aliphatic carbocycles. The van der Waals surface area contributed by atoms with Gasteiger partial charge in [-0.3, -0.25) is 0 Å². The number of hydrogen-bond donors (Lipinski definition) is 0. The first-order chi connectivity index (χ1) is 8.33. The second-order valence-electron chi connectivity index (χ2n) is 4.03. The van der Waals surface area contributed by atoms with Gasteiger partial charge in [-0.15, -0.1) is 22.9 Å². The molecule has 2 aromatic rings. The number of alkyl halides is 1. The number of hydrogen-bond acceptors (Lipinski definition) is 2. The number of aryl methyl sites for hydroxylation is 2. The third-order valence-electron chi connectivity index (χ3n) is 2.64. The Bertz CT molecular complexity index is 461. The molecule has 1 heterocycles. The Kier molecular flexibility index (Phi) is 4.57. The molecule has 0 radical (unpaired) electrons. The van der Waals surface area contributed by atoms with Gasteiger partial charge in [0.25, 0.3) is 0 Å². The van der Waals surface area contributed by atoms with E-state index in [1.54, 1.807) is 11.3 Å². The Morgan fingerprint density at radius 3 is 2.59 bits per heavy atom. The molecule has 1 aromatic heterocycles. The number of rotatable bonds is 5. The Hall–Kier alpha value is -0.860. The Morgan fingerprint density at radius 2 is 1.94 bits per heavy atom. The number of benzene rings is 1. The van der Waals surface area contributed by atoms with E-state index >= 15 is 0 Å². The van der Waals surface area contributed by atoms with Crippen LogP contribution in [0.25, 0.3) is 10.6 Å². The molecule has 1 aromatic carbocycles. The average molecular weight is 266 g/mol. The molecule has 1 nitrogen and oxygen atoms in total. The third-order valence-corrected chi connectivity index (χ3v) is 3.77. The zero-order valence-electron chi connectivity index (χ0n) is 9.95. The van der Waals surface area contributed by atoms with Crippen LogP contribution in [-0.2, 0) is 12.8 Å². The van der Waals surface area contributed by atoms with Crippen molar-refractivity contribution in [3.8, 4) is 10.6 Å². The van der Waals surface area contributed by atoms with Crippen molar-refractivity contribution in [3.05, 3.63) is 40.9 Å². The molecule has 0 saturated heterocycles. The van der Waals surface area contributed by atoms with Crippen LogP contribution in [0.5, 0.6) is 0 Å². The van der Waals surface area contributed by atoms with Gasteiger partial charge in [-0.25, -0.2) is 4.98 Å². The molecule has 0 saturated carbocycles. The van der Waals surface area contributed by atoms with Gasteiger partial charge in [0.15, 0.2) is 0 Å². The van der Waals surface area contributed by atoms with Crippen molar-refractivity contribution in [1.29, 1.82) is 0 Å². The predicted octanol–water partition coefficient (Wildman–Crippen LogP) is 4.54. The van der Waals surface area contributed by atoms with Gasteiger partial charge < -0.3 is 0 Å². The van der Waals surface area contributed by atoms with E-state index in [0.717, 1.165) is 23.5 Å². The van der Waals surface area contributed by atoms with E-state index in [1.807, 2.05) is 0 Å². The second kappa shape index (κ2) is 6.18. The molecular weight excluding hydrogens is 250 g/mol. The van der Waals surface area contributed by atoms with E-state index in [-0.39, 0.29) is 0 Å². The highest BCUT2D eigenvalue weighted by atomic mass is 35.5. The van der Waals surface area contributed by atoms with Gasteiger partial charge in [0.2, 0.25) is 0 Å². The monoisotopic (exact) mass is 265 g/mol. The van der Waals surface area contributed by atoms with Crippen molar-refractivity contribution >= 4 is 22.9 Å². The van der Waals surface area contributed by atoms with Crippen LogP contribution in [0.4, 0.5) is 0 Å². The molecule has 0 fully saturated rings. The predicted molar refractivity (Wildman–Crippen MR) is 76.0 cm³/mol. The zero-order valence-corrected chi connectivity index (χ0v) is 11.5. The fraction of sp³-hybridized carbons (Fsp3) is 0.357. The smallest absolute Gasteiger partial charge is 0.123 e. The summed E-state index contributed by atoms with van der Waals surface area (Å²) < 4.78 is 0. The summed E-state index contributed by atoms with van der Waals surface area (Å²) in [6.07, 6.45) is 3.19. The first-order valence-corrected chi connectivity index (χ1v) is 7.34. The lowest BCUT2D eigenvalue weighted by Gasteiger charge is -2.00. The van der Waals surface area contributed by atoms with Crippen molar-refractivity contribution < 1.29 is 0 Å². The molecule has 3 heteroatoms. The highest BCUT2D eigenvalue weighted by Gasteiger charge is 2.04. The maximum atomic E-state index is 5.71. The lowest BCUT2D eigenvalue weighted by atomic mass is 10.1. The summed E-state index contributed by atoms with van der Waals surface area (Å²) in [5.74, 6) is 0.638. The van der Waals surface area contributed by atoms with Crippen LogP contribution < -0.4 is 0 Å². The SMILES string of the molecule is CCCc1ccc(-c2nc(CCCl)cs2)cc1. The molecule has 17 heavy (non-hydrogen) atoms. The summed E-state index contributed by atoms with van der Waals surface area (Å²) in [6.45, 7) is 2.20. The van der Waals surface area contributed by atoms with Crippen LogP contribution in [-0.4, -0.2) is 10.9 Å². The zero-order chi connectivity index (χ0) is 12.1. The first-order valence-electron chi connectivity index (χ1n) is 5.93. The quantitative estimate of drug-likeness (QED) is 0.723. The molecule has 0 aliphatic heterocycles. The van der Waals surface area contributed by atoms with Crippen LogP contribution in [0, 0.1) is 0 Å². The number of thiazole rings is 1. The van der Waals surface area contributed by atoms with Crippen molar-refractivity contribution in [2.75, 3.05) is 5.88 Å². The van der Waals surface area contributed by atoms with Crippen molar-refractivity contribution in [2.45, 2.75) is 26.2 Å². The van der Waals surface area contributed by atoms with Crippen LogP contribution >= 0.6 is 22.9 Å². The molecular formula is C14H16ClNS. The Balaban J connectivity index is 2.15. The van der Waals surface area contributed by atoms with Crippen LogP contribution in [0.15, 0.2) is 29.6 Å². The molecule has 0 unspecified atom stereocenters. The summed E-state index contributed by atoms with van der Waals surface area (Å²) in [5, 5.41) is 3.19. The third kappa shape index (κ3) is 3.30. The van der Waals surface area contributed by atoms with Gasteiger partial charge >= 0.3 is 0 Å². The normalized spacial score (nSPS) is 10.7. The summed E-state index contributed by atoms with van der Waals surface area (Å²) in [4.78, 5) is 4.58. The first kappa shape index (κ1) is 12.6. The standard InChI is InChI=1S/C14H16ClNS/c1-2-3-11-4-6-12(7-5-11)14-16-13(8-9-15)10-17-14/h4-7,10H,2-3,8-9H2,1H3. The highest BCUT2D eigenvalue weighted by Crippen LogP contribution is 2.24. The second-order valence-corrected chi connectivity index (χ2v) is 5.27. The summed E-state index contributed by atoms with van der Waals surface area (Å²) in [7, 11) is 0. The molecule has 0 spiro atoms. The average Bonchev–Trinajstić information content (AvgIpc) is 2.80. The molecule has 0 N–H and O–H groups in total. The maximum Gasteiger partial charge on any atom is 0.123 e. The number of halogens is 1. The minimum Gasteiger partial charge on any atom is -0.241 e. The minimum absolute atomic E-state index is 0.638. The minimum atomic E-state index is 0.638. The number of nitrogens with zero attached hydrogens (tertiary/aromatic N) is 1. The molecule has 0 bridgehead atoms. The lowest BCUT2D eigenvalue weighted by molar-refractivity contribution is 0.922. The summed E-state index contributed by atoms with van der Waals surface area (Å²) in [6, 6.07) is 8.71. The molecule has 0 atom stereocenters. The van der Waals surface area contributed by atoms with Crippen molar-refractivity contribution in [2.24, 2.45) is 0 Å². The Morgan fingerprint density at radius 1 is 1.18 bits per heavy atom. The van der Waals surface area contributed by atoms with Crippen molar-refractivity contribution in [1.82, 2.24) is 4.98 Å². The lowest BCUT2D eigenvalue weighted by Crippen LogP contribution is -1.86. The van der Waals surface area contributed by atoms with Gasteiger partial charge in [0, 0.05) is 23.2 Å². The van der Waals surface area contributed by atoms with Gasteiger partial charge in [-0.2, -0.15) is 0 Å². The highest BCUT2D eigenvalue weighted by molar-refractivity contribution is 7.13. The largest absolute Gasteiger partial charge is 0.241 e. The summed E-state index contributed by atoms with van der Waals surface area (Å²) in [5.41, 5.74) is 3.70. The van der Waals surface area contributed by atoms with E-state index < -0.39 is 0 Å². The van der Waals surface area contributed by atoms with Crippen molar-refractivity contribution in [3.63, 3.8) is 0 Å². The maximum absolute atomic E-state index is 5.71. The van der Waals surface area contributed by atoms with Gasteiger partial charge in [0.05, 0.1) is 5.69 Å². The fourth-order valence-corrected chi connectivity index (χ4v) is 2.81. The van der Waals surface area contributed by atoms with E-state index in [0.29, 0.717) is 5.88 Å². The van der Waals surface area contributed by atoms with Gasteiger partial charge in [-0.05, 0) is 12.0 Å². The van der Waals surface area contributed by atoms with Crippen LogP contribution in [0.2, 0.25) is 0 Å². The molecule has 90 valence electrons. The molecule has 0 amide bonds. The van der Waals surface area contributed by atoms with E-state index in [4.69, 9.17) is 11.6 Å². The van der Waals surface area contributed by atoms with E-state index in [9.17, 15) is 0 Å². The fourth-order valence-electron chi connectivity index (χ4n) is 1.75. The summed E-state index contributed by atoms with van der Waals surface area (Å²) >= 11 is 7.40. The van der Waals surface area contributed by atoms with Crippen LogP contribution in [0.1, 0.15) is 24.6 Å². The number of aromatic nitrogens is 1. The molecule has 0 aliphatic rings. The van der Waals surface area contributed by atoms with Crippen LogP contribution in [0.3, 0.4) is 0 Å². The Labute approximate surface area is 111 Å². The topological polar surface area (TPSA) is 12.9 Å². The van der Waals surface area contributed by atoms with E-state index in [1.165, 1.54) is 17.5 Å².